The number of hydroxylamine groups is 1. The van der Waals surface area contributed by atoms with Crippen molar-refractivity contribution in [1.82, 2.24) is 16.1 Å². The molecule has 8 nitrogen and oxygen atoms in total. The molecule has 0 radical (unpaired) electrons. The molecule has 0 aromatic heterocycles. The van der Waals surface area contributed by atoms with Gasteiger partial charge < -0.3 is 15.4 Å². The van der Waals surface area contributed by atoms with Crippen LogP contribution in [0.3, 0.4) is 0 Å². The first-order valence-electron chi connectivity index (χ1n) is 8.87. The summed E-state index contributed by atoms with van der Waals surface area (Å²) >= 11 is 5.57. The number of alkyl halides is 3. The minimum absolute atomic E-state index is 0.0567. The molecule has 1 fully saturated rings. The van der Waals surface area contributed by atoms with E-state index in [0.717, 1.165) is 6.07 Å². The molecule has 168 valence electrons. The Morgan fingerprint density at radius 3 is 2.63 bits per heavy atom. The van der Waals surface area contributed by atoms with Crippen molar-refractivity contribution in [3.05, 3.63) is 29.0 Å². The molecule has 0 saturated carbocycles. The van der Waals surface area contributed by atoms with Gasteiger partial charge in [0, 0.05) is 18.7 Å². The lowest BCUT2D eigenvalue weighted by atomic mass is 10.0. The second kappa shape index (κ2) is 11.3. The molecule has 2 amide bonds. The smallest absolute Gasteiger partial charge is 0.484 e. The van der Waals surface area contributed by atoms with Gasteiger partial charge in [0.15, 0.2) is 6.61 Å². The lowest BCUT2D eigenvalue weighted by Gasteiger charge is -2.29. The normalized spacial score (nSPS) is 19.2. The van der Waals surface area contributed by atoms with Crippen LogP contribution in [0.5, 0.6) is 5.75 Å². The zero-order valence-corrected chi connectivity index (χ0v) is 16.3. The highest BCUT2D eigenvalue weighted by molar-refractivity contribution is 6.30. The Hall–Kier alpha value is -2.15. The summed E-state index contributed by atoms with van der Waals surface area (Å²) in [7, 11) is 0. The van der Waals surface area contributed by atoms with Gasteiger partial charge in [-0.3, -0.25) is 19.2 Å². The largest absolute Gasteiger partial charge is 0.522 e. The van der Waals surface area contributed by atoms with E-state index in [-0.39, 0.29) is 30.0 Å². The molecular weight excluding hydrogens is 438 g/mol. The van der Waals surface area contributed by atoms with E-state index < -0.39 is 43.2 Å². The Morgan fingerprint density at radius 1 is 1.23 bits per heavy atom. The third kappa shape index (κ3) is 8.69. The number of halogens is 5. The molecular formula is C17H20ClF4N3O5. The Morgan fingerprint density at radius 2 is 2.00 bits per heavy atom. The van der Waals surface area contributed by atoms with Gasteiger partial charge >= 0.3 is 6.36 Å². The number of amides is 2. The molecule has 1 aliphatic rings. The molecule has 2 rings (SSSR count). The van der Waals surface area contributed by atoms with E-state index in [1.54, 1.807) is 0 Å². The SMILES string of the molecule is O=C(COc1ccc(Cl)c(F)c1)NC1CCC(C(=O)NOCCOC(F)(F)F)NC1. The highest BCUT2D eigenvalue weighted by atomic mass is 35.5. The van der Waals surface area contributed by atoms with Crippen LogP contribution < -0.4 is 20.9 Å². The lowest BCUT2D eigenvalue weighted by Crippen LogP contribution is -2.55. The van der Waals surface area contributed by atoms with E-state index in [0.29, 0.717) is 12.8 Å². The number of carbonyl (C=O) groups excluding carboxylic acids is 2. The van der Waals surface area contributed by atoms with Gasteiger partial charge in [-0.1, -0.05) is 11.6 Å². The van der Waals surface area contributed by atoms with Crippen LogP contribution in [0.2, 0.25) is 5.02 Å². The van der Waals surface area contributed by atoms with Crippen LogP contribution in [0.25, 0.3) is 0 Å². The molecule has 1 aliphatic heterocycles. The van der Waals surface area contributed by atoms with E-state index in [9.17, 15) is 27.2 Å². The fraction of sp³-hybridized carbons (Fsp3) is 0.529. The maximum Gasteiger partial charge on any atom is 0.522 e. The average Bonchev–Trinajstić information content (AvgIpc) is 2.68. The topological polar surface area (TPSA) is 97.9 Å². The van der Waals surface area contributed by atoms with E-state index in [2.05, 4.69) is 20.2 Å². The standard InChI is InChI=1S/C17H20ClF4N3O5/c18-12-3-2-11(7-13(12)19)28-9-15(26)24-10-1-4-14(23-8-10)16(27)25-30-6-5-29-17(20,21)22/h2-3,7,10,14,23H,1,4-6,8-9H2,(H,24,26)(H,25,27). The quantitative estimate of drug-likeness (QED) is 0.296. The number of hydrogen-bond acceptors (Lipinski definition) is 6. The molecule has 2 unspecified atom stereocenters. The second-order valence-electron chi connectivity index (χ2n) is 6.28. The van der Waals surface area contributed by atoms with E-state index in [1.807, 2.05) is 5.48 Å². The number of benzene rings is 1. The van der Waals surface area contributed by atoms with Gasteiger partial charge in [-0.2, -0.15) is 0 Å². The summed E-state index contributed by atoms with van der Waals surface area (Å²) in [6, 6.07) is 2.94. The van der Waals surface area contributed by atoms with Crippen LogP contribution >= 0.6 is 11.6 Å². The molecule has 0 aliphatic carbocycles. The van der Waals surface area contributed by atoms with Gasteiger partial charge in [0.25, 0.3) is 11.8 Å². The molecule has 1 heterocycles. The number of hydrogen-bond donors (Lipinski definition) is 3. The number of rotatable bonds is 9. The Labute approximate surface area is 174 Å². The van der Waals surface area contributed by atoms with Crippen molar-refractivity contribution < 1.29 is 41.5 Å². The fourth-order valence-corrected chi connectivity index (χ4v) is 2.70. The maximum atomic E-state index is 13.3. The lowest BCUT2D eigenvalue weighted by molar-refractivity contribution is -0.327. The Kier molecular flexibility index (Phi) is 9.08. The minimum atomic E-state index is -4.76. The molecule has 13 heteroatoms. The zero-order chi connectivity index (χ0) is 22.1. The first-order chi connectivity index (χ1) is 14.1. The van der Waals surface area contributed by atoms with Crippen molar-refractivity contribution in [1.29, 1.82) is 0 Å². The summed E-state index contributed by atoms with van der Waals surface area (Å²) in [5.41, 5.74) is 2.05. The van der Waals surface area contributed by atoms with Crippen molar-refractivity contribution >= 4 is 23.4 Å². The summed E-state index contributed by atoms with van der Waals surface area (Å²) in [6.07, 6.45) is -3.92. The highest BCUT2D eigenvalue weighted by Crippen LogP contribution is 2.20. The van der Waals surface area contributed by atoms with Crippen LogP contribution in [-0.2, 0) is 19.2 Å². The van der Waals surface area contributed by atoms with Gasteiger partial charge in [-0.05, 0) is 25.0 Å². The fourth-order valence-electron chi connectivity index (χ4n) is 2.58. The van der Waals surface area contributed by atoms with Gasteiger partial charge in [0.1, 0.15) is 11.6 Å². The van der Waals surface area contributed by atoms with Crippen molar-refractivity contribution in [3.63, 3.8) is 0 Å². The summed E-state index contributed by atoms with van der Waals surface area (Å²) in [6.45, 7) is -1.25. The first kappa shape index (κ1) is 24.1. The first-order valence-corrected chi connectivity index (χ1v) is 9.25. The zero-order valence-electron chi connectivity index (χ0n) is 15.6. The number of ether oxygens (including phenoxy) is 2. The Bertz CT molecular complexity index is 730. The van der Waals surface area contributed by atoms with Crippen molar-refractivity contribution in [2.24, 2.45) is 0 Å². The summed E-state index contributed by atoms with van der Waals surface area (Å²) in [5.74, 6) is -1.47. The van der Waals surface area contributed by atoms with Crippen molar-refractivity contribution in [2.45, 2.75) is 31.3 Å². The molecule has 3 N–H and O–H groups in total. The molecule has 1 aromatic rings. The summed E-state index contributed by atoms with van der Waals surface area (Å²) in [4.78, 5) is 28.5. The molecule has 2 atom stereocenters. The Balaban J connectivity index is 1.61. The average molecular weight is 458 g/mol. The molecule has 0 bridgehead atoms. The van der Waals surface area contributed by atoms with Crippen LogP contribution in [0, 0.1) is 5.82 Å². The van der Waals surface area contributed by atoms with Crippen molar-refractivity contribution in [2.75, 3.05) is 26.4 Å². The van der Waals surface area contributed by atoms with E-state index in [1.165, 1.54) is 12.1 Å². The minimum Gasteiger partial charge on any atom is -0.484 e. The van der Waals surface area contributed by atoms with Gasteiger partial charge in [0.05, 0.1) is 24.3 Å². The van der Waals surface area contributed by atoms with Gasteiger partial charge in [0.2, 0.25) is 0 Å². The van der Waals surface area contributed by atoms with Gasteiger partial charge in [-0.25, -0.2) is 9.87 Å². The summed E-state index contributed by atoms with van der Waals surface area (Å²) < 4.78 is 57.4. The molecule has 0 spiro atoms. The number of nitrogens with one attached hydrogen (secondary N) is 3. The second-order valence-corrected chi connectivity index (χ2v) is 6.68. The summed E-state index contributed by atoms with van der Waals surface area (Å²) in [5, 5.41) is 5.56. The van der Waals surface area contributed by atoms with Crippen LogP contribution in [0.4, 0.5) is 17.6 Å². The van der Waals surface area contributed by atoms with E-state index in [4.69, 9.17) is 16.3 Å². The number of piperidine rings is 1. The van der Waals surface area contributed by atoms with Crippen LogP contribution in [-0.4, -0.2) is 56.6 Å². The molecule has 30 heavy (non-hydrogen) atoms. The predicted molar refractivity (Wildman–Crippen MR) is 96.0 cm³/mol. The van der Waals surface area contributed by atoms with Crippen LogP contribution in [0.1, 0.15) is 12.8 Å². The monoisotopic (exact) mass is 457 g/mol. The number of carbonyl (C=O) groups is 2. The van der Waals surface area contributed by atoms with Crippen molar-refractivity contribution in [3.8, 4) is 5.75 Å². The maximum absolute atomic E-state index is 13.3. The third-order valence-corrected chi connectivity index (χ3v) is 4.29. The van der Waals surface area contributed by atoms with Gasteiger partial charge in [-0.15, -0.1) is 13.2 Å². The van der Waals surface area contributed by atoms with E-state index >= 15 is 0 Å². The molecule has 1 aromatic carbocycles. The predicted octanol–water partition coefficient (Wildman–Crippen LogP) is 1.68. The third-order valence-electron chi connectivity index (χ3n) is 3.98. The molecule has 1 saturated heterocycles. The highest BCUT2D eigenvalue weighted by Gasteiger charge is 2.29. The van der Waals surface area contributed by atoms with Crippen LogP contribution in [0.15, 0.2) is 18.2 Å².